The second-order valence-electron chi connectivity index (χ2n) is 6.52. The van der Waals surface area contributed by atoms with Crippen molar-refractivity contribution in [3.8, 4) is 0 Å². The van der Waals surface area contributed by atoms with Gasteiger partial charge in [0.25, 0.3) is 5.91 Å². The highest BCUT2D eigenvalue weighted by atomic mass is 35.5. The van der Waals surface area contributed by atoms with Crippen LogP contribution in [-0.4, -0.2) is 41.6 Å². The van der Waals surface area contributed by atoms with E-state index in [4.69, 9.17) is 11.6 Å². The molecule has 0 unspecified atom stereocenters. The van der Waals surface area contributed by atoms with Gasteiger partial charge >= 0.3 is 0 Å². The molecule has 0 atom stereocenters. The summed E-state index contributed by atoms with van der Waals surface area (Å²) in [6.07, 6.45) is 0. The van der Waals surface area contributed by atoms with Crippen LogP contribution in [0.3, 0.4) is 0 Å². The third-order valence-corrected chi connectivity index (χ3v) is 5.22. The van der Waals surface area contributed by atoms with Crippen LogP contribution in [0.4, 0.5) is 10.1 Å². The van der Waals surface area contributed by atoms with Crippen molar-refractivity contribution in [3.05, 3.63) is 65.1 Å². The van der Waals surface area contributed by atoms with Gasteiger partial charge in [0, 0.05) is 49.2 Å². The number of rotatable bonds is 2. The number of carbonyl (C=O) groups is 1. The Kier molecular flexibility index (Phi) is 4.32. The van der Waals surface area contributed by atoms with Gasteiger partial charge in [0.2, 0.25) is 0 Å². The predicted octanol–water partition coefficient (Wildman–Crippen LogP) is 3.93. The van der Waals surface area contributed by atoms with Gasteiger partial charge in [-0.1, -0.05) is 23.7 Å². The molecule has 0 radical (unpaired) electrons. The number of para-hydroxylation sites is 1. The number of aromatic nitrogens is 1. The number of carbonyl (C=O) groups excluding carboxylic acids is 1. The number of hydrogen-bond donors (Lipinski definition) is 0. The lowest BCUT2D eigenvalue weighted by Crippen LogP contribution is -2.49. The quantitative estimate of drug-likeness (QED) is 0.682. The molecular weight excluding hydrogens is 353 g/mol. The van der Waals surface area contributed by atoms with Gasteiger partial charge in [0.15, 0.2) is 0 Å². The summed E-state index contributed by atoms with van der Waals surface area (Å²) in [4.78, 5) is 16.8. The summed E-state index contributed by atoms with van der Waals surface area (Å²) in [6.45, 7) is 2.36. The summed E-state index contributed by atoms with van der Waals surface area (Å²) >= 11 is 6.05. The Bertz CT molecular complexity index is 976. The number of aryl methyl sites for hydroxylation is 1. The molecule has 1 aliphatic heterocycles. The van der Waals surface area contributed by atoms with E-state index in [2.05, 4.69) is 0 Å². The highest BCUT2D eigenvalue weighted by molar-refractivity contribution is 6.31. The largest absolute Gasteiger partial charge is 0.366 e. The number of fused-ring (bicyclic) bond motifs is 1. The van der Waals surface area contributed by atoms with Crippen LogP contribution in [-0.2, 0) is 7.05 Å². The molecule has 3 aromatic rings. The number of amides is 1. The van der Waals surface area contributed by atoms with E-state index in [1.165, 1.54) is 6.07 Å². The molecule has 0 N–H and O–H groups in total. The monoisotopic (exact) mass is 371 g/mol. The van der Waals surface area contributed by atoms with Crippen LogP contribution in [0.15, 0.2) is 48.5 Å². The average Bonchev–Trinajstić information content (AvgIpc) is 2.97. The molecule has 1 fully saturated rings. The van der Waals surface area contributed by atoms with Gasteiger partial charge in [-0.15, -0.1) is 0 Å². The topological polar surface area (TPSA) is 28.5 Å². The van der Waals surface area contributed by atoms with Gasteiger partial charge in [-0.25, -0.2) is 4.39 Å². The van der Waals surface area contributed by atoms with Crippen LogP contribution >= 0.6 is 11.6 Å². The second-order valence-corrected chi connectivity index (χ2v) is 6.96. The van der Waals surface area contributed by atoms with Gasteiger partial charge in [-0.2, -0.15) is 0 Å². The zero-order valence-corrected chi connectivity index (χ0v) is 15.2. The lowest BCUT2D eigenvalue weighted by atomic mass is 10.2. The summed E-state index contributed by atoms with van der Waals surface area (Å²) in [5.41, 5.74) is 2.21. The molecule has 2 aromatic carbocycles. The predicted molar refractivity (Wildman–Crippen MR) is 102 cm³/mol. The van der Waals surface area contributed by atoms with Gasteiger partial charge in [0.05, 0.1) is 5.69 Å². The minimum atomic E-state index is -0.224. The van der Waals surface area contributed by atoms with Crippen LogP contribution in [0.2, 0.25) is 5.02 Å². The van der Waals surface area contributed by atoms with E-state index in [-0.39, 0.29) is 11.7 Å². The van der Waals surface area contributed by atoms with E-state index in [1.54, 1.807) is 12.1 Å². The van der Waals surface area contributed by atoms with Gasteiger partial charge < -0.3 is 14.4 Å². The number of nitrogens with zero attached hydrogens (tertiary/aromatic N) is 3. The maximum atomic E-state index is 14.0. The van der Waals surface area contributed by atoms with Crippen molar-refractivity contribution in [1.29, 1.82) is 0 Å². The van der Waals surface area contributed by atoms with E-state index < -0.39 is 0 Å². The number of anilines is 1. The molecule has 0 saturated carbocycles. The standard InChI is InChI=1S/C20H19ClFN3O/c1-23-17-7-6-15(21)12-14(17)13-19(23)20(26)25-10-8-24(9-11-25)18-5-3-2-4-16(18)22/h2-7,12-13H,8-11H2,1H3. The maximum Gasteiger partial charge on any atom is 0.270 e. The highest BCUT2D eigenvalue weighted by Gasteiger charge is 2.25. The van der Waals surface area contributed by atoms with Crippen molar-refractivity contribution in [2.24, 2.45) is 7.05 Å². The molecule has 0 bridgehead atoms. The Morgan fingerprint density at radius 2 is 1.77 bits per heavy atom. The van der Waals surface area contributed by atoms with E-state index in [1.807, 2.05) is 51.7 Å². The van der Waals surface area contributed by atoms with E-state index >= 15 is 0 Å². The molecule has 1 amide bonds. The Balaban J connectivity index is 1.52. The van der Waals surface area contributed by atoms with Crippen molar-refractivity contribution < 1.29 is 9.18 Å². The Labute approximate surface area is 156 Å². The Hall–Kier alpha value is -2.53. The fourth-order valence-corrected chi connectivity index (χ4v) is 3.73. The molecule has 1 aliphatic rings. The molecule has 2 heterocycles. The minimum Gasteiger partial charge on any atom is -0.366 e. The third-order valence-electron chi connectivity index (χ3n) is 4.98. The molecular formula is C20H19ClFN3O. The molecule has 0 spiro atoms. The van der Waals surface area contributed by atoms with E-state index in [0.717, 1.165) is 10.9 Å². The smallest absolute Gasteiger partial charge is 0.270 e. The molecule has 6 heteroatoms. The van der Waals surface area contributed by atoms with Crippen LogP contribution in [0.5, 0.6) is 0 Å². The summed E-state index contributed by atoms with van der Waals surface area (Å²) in [5.74, 6) is -0.231. The van der Waals surface area contributed by atoms with E-state index in [0.29, 0.717) is 42.6 Å². The fourth-order valence-electron chi connectivity index (χ4n) is 3.55. The summed E-state index contributed by atoms with van der Waals surface area (Å²) in [7, 11) is 1.89. The third kappa shape index (κ3) is 2.92. The van der Waals surface area contributed by atoms with Gasteiger partial charge in [0.1, 0.15) is 11.5 Å². The number of piperazine rings is 1. The number of halogens is 2. The summed E-state index contributed by atoms with van der Waals surface area (Å²) in [6, 6.07) is 14.3. The lowest BCUT2D eigenvalue weighted by Gasteiger charge is -2.36. The molecule has 4 rings (SSSR count). The first-order chi connectivity index (χ1) is 12.5. The van der Waals surface area contributed by atoms with Crippen LogP contribution in [0.25, 0.3) is 10.9 Å². The van der Waals surface area contributed by atoms with Crippen molar-refractivity contribution in [1.82, 2.24) is 9.47 Å². The lowest BCUT2D eigenvalue weighted by molar-refractivity contribution is 0.0737. The Morgan fingerprint density at radius 1 is 1.04 bits per heavy atom. The molecule has 4 nitrogen and oxygen atoms in total. The minimum absolute atomic E-state index is 0.00648. The zero-order valence-electron chi connectivity index (χ0n) is 14.5. The maximum absolute atomic E-state index is 14.0. The van der Waals surface area contributed by atoms with Crippen LogP contribution in [0, 0.1) is 5.82 Å². The zero-order chi connectivity index (χ0) is 18.3. The molecule has 134 valence electrons. The van der Waals surface area contributed by atoms with Crippen LogP contribution < -0.4 is 4.90 Å². The van der Waals surface area contributed by atoms with Crippen LogP contribution in [0.1, 0.15) is 10.5 Å². The molecule has 0 aliphatic carbocycles. The van der Waals surface area contributed by atoms with Crippen molar-refractivity contribution in [3.63, 3.8) is 0 Å². The normalized spacial score (nSPS) is 14.9. The fraction of sp³-hybridized carbons (Fsp3) is 0.250. The number of hydrogen-bond acceptors (Lipinski definition) is 2. The van der Waals surface area contributed by atoms with E-state index in [9.17, 15) is 9.18 Å². The first-order valence-electron chi connectivity index (χ1n) is 8.58. The number of benzene rings is 2. The first-order valence-corrected chi connectivity index (χ1v) is 8.96. The van der Waals surface area contributed by atoms with Gasteiger partial charge in [-0.3, -0.25) is 4.79 Å². The summed E-state index contributed by atoms with van der Waals surface area (Å²) < 4.78 is 15.9. The van der Waals surface area contributed by atoms with Crippen molar-refractivity contribution >= 4 is 34.1 Å². The van der Waals surface area contributed by atoms with Crippen molar-refractivity contribution in [2.45, 2.75) is 0 Å². The summed E-state index contributed by atoms with van der Waals surface area (Å²) in [5, 5.41) is 1.61. The highest BCUT2D eigenvalue weighted by Crippen LogP contribution is 2.25. The molecule has 26 heavy (non-hydrogen) atoms. The average molecular weight is 372 g/mol. The second kappa shape index (κ2) is 6.65. The van der Waals surface area contributed by atoms with Crippen molar-refractivity contribution in [2.75, 3.05) is 31.1 Å². The SMILES string of the molecule is Cn1c(C(=O)N2CCN(c3ccccc3F)CC2)cc2cc(Cl)ccc21. The molecule has 1 saturated heterocycles. The molecule has 1 aromatic heterocycles. The Morgan fingerprint density at radius 3 is 2.50 bits per heavy atom. The van der Waals surface area contributed by atoms with Gasteiger partial charge in [-0.05, 0) is 36.4 Å². The first kappa shape index (κ1) is 16.9.